The van der Waals surface area contributed by atoms with Gasteiger partial charge in [-0.2, -0.15) is 0 Å². The zero-order chi connectivity index (χ0) is 18.3. The molecule has 0 spiro atoms. The highest BCUT2D eigenvalue weighted by Crippen LogP contribution is 2.44. The Morgan fingerprint density at radius 3 is 2.46 bits per heavy atom. The maximum atomic E-state index is 14.1. The lowest BCUT2D eigenvalue weighted by Gasteiger charge is -2.31. The average Bonchev–Trinajstić information content (AvgIpc) is 3.20. The number of carbonyl (C=O) groups is 1. The van der Waals surface area contributed by atoms with Crippen LogP contribution in [0, 0.1) is 5.82 Å². The highest BCUT2D eigenvalue weighted by Gasteiger charge is 2.50. The molecule has 132 valence electrons. The molecule has 8 heteroatoms. The molecule has 1 fully saturated rings. The van der Waals surface area contributed by atoms with Gasteiger partial charge in [0.25, 0.3) is 0 Å². The summed E-state index contributed by atoms with van der Waals surface area (Å²) in [6, 6.07) is 2.94. The molecule has 1 aromatic rings. The summed E-state index contributed by atoms with van der Waals surface area (Å²) in [5, 5.41) is 18.8. The van der Waals surface area contributed by atoms with Crippen molar-refractivity contribution in [1.82, 2.24) is 4.90 Å². The first-order valence-electron chi connectivity index (χ1n) is 7.76. The number of likely N-dealkylation sites (N-methyl/N-ethyl adjacent to an activating group) is 1. The predicted molar refractivity (Wildman–Crippen MR) is 90.9 cm³/mol. The van der Waals surface area contributed by atoms with Gasteiger partial charge in [-0.15, -0.1) is 0 Å². The van der Waals surface area contributed by atoms with Crippen LogP contribution in [-0.4, -0.2) is 46.3 Å². The minimum absolute atomic E-state index is 0.174. The summed E-state index contributed by atoms with van der Waals surface area (Å²) in [6.07, 6.45) is 1.30. The number of benzene rings is 1. The molecule has 2 rings (SSSR count). The predicted octanol–water partition coefficient (Wildman–Crippen LogP) is 2.10. The summed E-state index contributed by atoms with van der Waals surface area (Å²) in [7, 11) is -0.330. The van der Waals surface area contributed by atoms with E-state index in [4.69, 9.17) is 16.3 Å². The van der Waals surface area contributed by atoms with Crippen molar-refractivity contribution in [2.45, 2.75) is 51.2 Å². The first kappa shape index (κ1) is 19.0. The van der Waals surface area contributed by atoms with E-state index in [1.54, 1.807) is 33.9 Å². The van der Waals surface area contributed by atoms with Gasteiger partial charge in [-0.05, 0) is 51.7 Å². The average molecular weight is 358 g/mol. The fourth-order valence-corrected chi connectivity index (χ4v) is 2.86. The number of hydrogen-bond acceptors (Lipinski definition) is 4. The summed E-state index contributed by atoms with van der Waals surface area (Å²) in [5.41, 5.74) is -0.946. The lowest BCUT2D eigenvalue weighted by Crippen LogP contribution is -2.45. The maximum Gasteiger partial charge on any atom is 0.491 e. The third-order valence-corrected chi connectivity index (χ3v) is 4.50. The second kappa shape index (κ2) is 6.54. The maximum absolute atomic E-state index is 14.1. The molecule has 1 saturated carbocycles. The zero-order valence-corrected chi connectivity index (χ0v) is 15.0. The Labute approximate surface area is 146 Å². The van der Waals surface area contributed by atoms with Gasteiger partial charge in [0, 0.05) is 12.5 Å². The van der Waals surface area contributed by atoms with Crippen LogP contribution in [0.5, 0.6) is 0 Å². The Kier molecular flexibility index (Phi) is 5.18. The van der Waals surface area contributed by atoms with E-state index in [0.717, 1.165) is 12.8 Å². The Balaban J connectivity index is 2.25. The van der Waals surface area contributed by atoms with Crippen molar-refractivity contribution in [1.29, 1.82) is 0 Å². The van der Waals surface area contributed by atoms with Gasteiger partial charge in [0.1, 0.15) is 11.4 Å². The molecule has 0 heterocycles. The number of nitrogens with zero attached hydrogens (tertiary/aromatic N) is 1. The largest absolute Gasteiger partial charge is 0.491 e. The van der Waals surface area contributed by atoms with E-state index in [2.05, 4.69) is 0 Å². The molecule has 0 bridgehead atoms. The molecule has 0 unspecified atom stereocenters. The van der Waals surface area contributed by atoms with Gasteiger partial charge in [-0.1, -0.05) is 17.7 Å². The number of amides is 1. The number of ether oxygens (including phenoxy) is 1. The second-order valence-electron chi connectivity index (χ2n) is 7.25. The van der Waals surface area contributed by atoms with Gasteiger partial charge in [0.2, 0.25) is 0 Å². The molecule has 24 heavy (non-hydrogen) atoms. The van der Waals surface area contributed by atoms with Crippen LogP contribution < -0.4 is 5.46 Å². The smallest absolute Gasteiger partial charge is 0.444 e. The Bertz CT molecular complexity index is 644. The SMILES string of the molecule is CN(C(=O)OC(C)(C)C)C1(Cc2ccc(Cl)c(F)c2B(O)O)CC1. The van der Waals surface area contributed by atoms with Crippen molar-refractivity contribution in [2.24, 2.45) is 0 Å². The van der Waals surface area contributed by atoms with Crippen LogP contribution in [-0.2, 0) is 11.2 Å². The highest BCUT2D eigenvalue weighted by atomic mass is 35.5. The quantitative estimate of drug-likeness (QED) is 0.810. The Hall–Kier alpha value is -1.31. The lowest BCUT2D eigenvalue weighted by atomic mass is 9.75. The monoisotopic (exact) mass is 357 g/mol. The molecule has 5 nitrogen and oxygen atoms in total. The first-order valence-corrected chi connectivity index (χ1v) is 8.14. The highest BCUT2D eigenvalue weighted by molar-refractivity contribution is 6.59. The third-order valence-electron chi connectivity index (χ3n) is 4.21. The van der Waals surface area contributed by atoms with Gasteiger partial charge in [-0.25, -0.2) is 9.18 Å². The van der Waals surface area contributed by atoms with E-state index < -0.39 is 30.2 Å². The lowest BCUT2D eigenvalue weighted by molar-refractivity contribution is 0.0195. The fraction of sp³-hybridized carbons (Fsp3) is 0.562. The van der Waals surface area contributed by atoms with Crippen molar-refractivity contribution in [3.05, 3.63) is 28.5 Å². The summed E-state index contributed by atoms with van der Waals surface area (Å²) < 4.78 is 19.5. The molecule has 0 atom stereocenters. The van der Waals surface area contributed by atoms with Crippen LogP contribution in [0.4, 0.5) is 9.18 Å². The van der Waals surface area contributed by atoms with Gasteiger partial charge in [-0.3, -0.25) is 0 Å². The fourth-order valence-electron chi connectivity index (χ4n) is 2.69. The van der Waals surface area contributed by atoms with Crippen LogP contribution in [0.1, 0.15) is 39.2 Å². The number of halogens is 2. The summed E-state index contributed by atoms with van der Waals surface area (Å²) >= 11 is 5.72. The van der Waals surface area contributed by atoms with E-state index in [1.807, 2.05) is 0 Å². The molecule has 2 N–H and O–H groups in total. The van der Waals surface area contributed by atoms with E-state index in [-0.39, 0.29) is 10.5 Å². The molecule has 1 amide bonds. The topological polar surface area (TPSA) is 70.0 Å². The molecule has 0 saturated heterocycles. The molecule has 1 aliphatic rings. The Morgan fingerprint density at radius 2 is 2.00 bits per heavy atom. The third kappa shape index (κ3) is 4.02. The van der Waals surface area contributed by atoms with Crippen molar-refractivity contribution in [3.63, 3.8) is 0 Å². The van der Waals surface area contributed by atoms with Crippen LogP contribution >= 0.6 is 11.6 Å². The van der Waals surface area contributed by atoms with Gasteiger partial charge >= 0.3 is 13.2 Å². The molecule has 1 aliphatic carbocycles. The molecular formula is C16H22BClFNO4. The van der Waals surface area contributed by atoms with Crippen LogP contribution in [0.3, 0.4) is 0 Å². The minimum atomic E-state index is -1.97. The second-order valence-corrected chi connectivity index (χ2v) is 7.66. The number of hydrogen-bond donors (Lipinski definition) is 2. The molecule has 0 radical (unpaired) electrons. The van der Waals surface area contributed by atoms with Gasteiger partial charge < -0.3 is 19.7 Å². The van der Waals surface area contributed by atoms with Crippen molar-refractivity contribution >= 4 is 30.3 Å². The van der Waals surface area contributed by atoms with Crippen LogP contribution in [0.2, 0.25) is 5.02 Å². The van der Waals surface area contributed by atoms with Crippen molar-refractivity contribution < 1.29 is 24.0 Å². The molecule has 0 aromatic heterocycles. The Morgan fingerprint density at radius 1 is 1.42 bits per heavy atom. The van der Waals surface area contributed by atoms with Crippen LogP contribution in [0.15, 0.2) is 12.1 Å². The van der Waals surface area contributed by atoms with Gasteiger partial charge in [0.15, 0.2) is 0 Å². The molecule has 1 aromatic carbocycles. The normalized spacial score (nSPS) is 15.8. The molecular weight excluding hydrogens is 335 g/mol. The van der Waals surface area contributed by atoms with Crippen molar-refractivity contribution in [2.75, 3.05) is 7.05 Å². The van der Waals surface area contributed by atoms with E-state index in [0.29, 0.717) is 12.0 Å². The van der Waals surface area contributed by atoms with E-state index in [9.17, 15) is 19.2 Å². The minimum Gasteiger partial charge on any atom is -0.444 e. The van der Waals surface area contributed by atoms with Crippen molar-refractivity contribution in [3.8, 4) is 0 Å². The summed E-state index contributed by atoms with van der Waals surface area (Å²) in [4.78, 5) is 13.8. The summed E-state index contributed by atoms with van der Waals surface area (Å²) in [6.45, 7) is 5.35. The van der Waals surface area contributed by atoms with E-state index >= 15 is 0 Å². The standard InChI is InChI=1S/C16H22BClFNO4/c1-15(2,3)24-14(21)20(4)16(7-8-16)9-10-5-6-11(18)13(19)12(10)17(22)23/h5-6,22-23H,7-9H2,1-4H3. The van der Waals surface area contributed by atoms with E-state index in [1.165, 1.54) is 11.0 Å². The summed E-state index contributed by atoms with van der Waals surface area (Å²) in [5.74, 6) is -0.847. The van der Waals surface area contributed by atoms with Crippen LogP contribution in [0.25, 0.3) is 0 Å². The van der Waals surface area contributed by atoms with Gasteiger partial charge in [0.05, 0.1) is 10.6 Å². The first-order chi connectivity index (χ1) is 11.0. The molecule has 0 aliphatic heterocycles. The number of carbonyl (C=O) groups excluding carboxylic acids is 1. The number of rotatable bonds is 4. The zero-order valence-electron chi connectivity index (χ0n) is 14.3.